The van der Waals surface area contributed by atoms with Gasteiger partial charge in [0.05, 0.1) is 5.41 Å². The zero-order valence-corrected chi connectivity index (χ0v) is 10.7. The number of carbonyl (C=O) groups excluding carboxylic acids is 1. The van der Waals surface area contributed by atoms with Crippen molar-refractivity contribution in [2.24, 2.45) is 0 Å². The molecule has 1 heterocycles. The molecule has 4 heteroatoms. The molecule has 2 fully saturated rings. The molecule has 1 unspecified atom stereocenters. The maximum Gasteiger partial charge on any atom is 0.326 e. The summed E-state index contributed by atoms with van der Waals surface area (Å²) in [6, 6.07) is 9.10. The Balaban J connectivity index is 1.86. The lowest BCUT2D eigenvalue weighted by Gasteiger charge is -2.27. The third kappa shape index (κ3) is 1.91. The fourth-order valence-corrected chi connectivity index (χ4v) is 3.05. The van der Waals surface area contributed by atoms with Gasteiger partial charge < -0.3 is 10.0 Å². The van der Waals surface area contributed by atoms with E-state index in [0.717, 1.165) is 24.8 Å². The van der Waals surface area contributed by atoms with E-state index < -0.39 is 17.4 Å². The van der Waals surface area contributed by atoms with E-state index in [1.165, 1.54) is 0 Å². The maximum atomic E-state index is 12.7. The first-order chi connectivity index (χ1) is 9.15. The summed E-state index contributed by atoms with van der Waals surface area (Å²) >= 11 is 0. The van der Waals surface area contributed by atoms with E-state index in [9.17, 15) is 14.7 Å². The monoisotopic (exact) mass is 259 g/mol. The molecular weight excluding hydrogens is 242 g/mol. The Morgan fingerprint density at radius 3 is 2.47 bits per heavy atom. The average Bonchev–Trinajstić information content (AvgIpc) is 3.08. The van der Waals surface area contributed by atoms with Crippen LogP contribution in [0.25, 0.3) is 0 Å². The average molecular weight is 259 g/mol. The van der Waals surface area contributed by atoms with Gasteiger partial charge in [0.2, 0.25) is 5.91 Å². The van der Waals surface area contributed by atoms with E-state index in [2.05, 4.69) is 0 Å². The summed E-state index contributed by atoms with van der Waals surface area (Å²) in [6.45, 7) is 0.574. The Bertz CT molecular complexity index is 507. The van der Waals surface area contributed by atoms with Gasteiger partial charge >= 0.3 is 5.97 Å². The minimum atomic E-state index is -0.880. The third-order valence-electron chi connectivity index (χ3n) is 4.28. The van der Waals surface area contributed by atoms with Gasteiger partial charge in [-0.15, -0.1) is 0 Å². The highest BCUT2D eigenvalue weighted by Gasteiger charge is 2.55. The third-order valence-corrected chi connectivity index (χ3v) is 4.28. The second kappa shape index (κ2) is 4.37. The molecule has 1 saturated carbocycles. The molecule has 0 radical (unpaired) electrons. The quantitative estimate of drug-likeness (QED) is 0.900. The van der Waals surface area contributed by atoms with Gasteiger partial charge in [0.1, 0.15) is 6.04 Å². The topological polar surface area (TPSA) is 57.6 Å². The molecule has 0 bridgehead atoms. The molecule has 19 heavy (non-hydrogen) atoms. The highest BCUT2D eigenvalue weighted by atomic mass is 16.4. The molecule has 3 rings (SSSR count). The molecule has 0 spiro atoms. The molecule has 1 aliphatic carbocycles. The van der Waals surface area contributed by atoms with Crippen molar-refractivity contribution in [3.8, 4) is 0 Å². The number of aliphatic carboxylic acids is 1. The van der Waals surface area contributed by atoms with Crippen LogP contribution in [-0.4, -0.2) is 34.5 Å². The van der Waals surface area contributed by atoms with Crippen LogP contribution in [-0.2, 0) is 15.0 Å². The Kier molecular flexibility index (Phi) is 2.81. The van der Waals surface area contributed by atoms with Gasteiger partial charge in [-0.1, -0.05) is 30.3 Å². The van der Waals surface area contributed by atoms with Crippen molar-refractivity contribution in [3.63, 3.8) is 0 Å². The highest BCUT2D eigenvalue weighted by molar-refractivity contribution is 5.94. The predicted octanol–water partition coefficient (Wildman–Crippen LogP) is 1.79. The smallest absolute Gasteiger partial charge is 0.326 e. The van der Waals surface area contributed by atoms with Crippen LogP contribution in [0.3, 0.4) is 0 Å². The van der Waals surface area contributed by atoms with Crippen molar-refractivity contribution >= 4 is 11.9 Å². The van der Waals surface area contributed by atoms with E-state index in [4.69, 9.17) is 0 Å². The molecule has 100 valence electrons. The van der Waals surface area contributed by atoms with Crippen LogP contribution in [0, 0.1) is 0 Å². The van der Waals surface area contributed by atoms with Crippen LogP contribution in [0.1, 0.15) is 31.2 Å². The van der Waals surface area contributed by atoms with E-state index in [-0.39, 0.29) is 5.91 Å². The first-order valence-corrected chi connectivity index (χ1v) is 6.74. The van der Waals surface area contributed by atoms with Crippen LogP contribution >= 0.6 is 0 Å². The summed E-state index contributed by atoms with van der Waals surface area (Å²) in [5.74, 6) is -0.877. The van der Waals surface area contributed by atoms with Gasteiger partial charge in [-0.05, 0) is 31.2 Å². The second-order valence-electron chi connectivity index (χ2n) is 5.44. The number of nitrogens with zero attached hydrogens (tertiary/aromatic N) is 1. The van der Waals surface area contributed by atoms with Gasteiger partial charge in [-0.3, -0.25) is 4.79 Å². The van der Waals surface area contributed by atoms with Crippen LogP contribution in [0.5, 0.6) is 0 Å². The largest absolute Gasteiger partial charge is 0.480 e. The predicted molar refractivity (Wildman–Crippen MR) is 69.7 cm³/mol. The number of carboxylic acid groups (broad SMARTS) is 1. The molecule has 1 atom stereocenters. The van der Waals surface area contributed by atoms with E-state index in [1.807, 2.05) is 30.3 Å². The number of carbonyl (C=O) groups is 2. The Morgan fingerprint density at radius 1 is 1.21 bits per heavy atom. The first kappa shape index (κ1) is 12.2. The van der Waals surface area contributed by atoms with Gasteiger partial charge in [-0.2, -0.15) is 0 Å². The fourth-order valence-electron chi connectivity index (χ4n) is 3.05. The number of likely N-dealkylation sites (tertiary alicyclic amines) is 1. The summed E-state index contributed by atoms with van der Waals surface area (Å²) in [5.41, 5.74) is 0.579. The Hall–Kier alpha value is -1.84. The Morgan fingerprint density at radius 2 is 1.89 bits per heavy atom. The normalized spacial score (nSPS) is 24.2. The lowest BCUT2D eigenvalue weighted by molar-refractivity contribution is -0.149. The first-order valence-electron chi connectivity index (χ1n) is 6.74. The molecule has 2 aliphatic rings. The van der Waals surface area contributed by atoms with Crippen molar-refractivity contribution in [2.75, 3.05) is 6.54 Å². The highest BCUT2D eigenvalue weighted by Crippen LogP contribution is 2.50. The SMILES string of the molecule is O=C(O)C1CCCN1C(=O)C1(c2ccccc2)CC1. The number of benzene rings is 1. The molecule has 1 aromatic rings. The van der Waals surface area contributed by atoms with Gasteiger partial charge in [0.25, 0.3) is 0 Å². The summed E-state index contributed by atoms with van der Waals surface area (Å²) in [6.07, 6.45) is 3.02. The van der Waals surface area contributed by atoms with E-state index in [1.54, 1.807) is 4.90 Å². The molecule has 1 N–H and O–H groups in total. The van der Waals surface area contributed by atoms with Crippen molar-refractivity contribution in [3.05, 3.63) is 35.9 Å². The number of carboxylic acids is 1. The molecule has 1 amide bonds. The molecular formula is C15H17NO3. The second-order valence-corrected chi connectivity index (χ2v) is 5.44. The minimum Gasteiger partial charge on any atom is -0.480 e. The van der Waals surface area contributed by atoms with Crippen molar-refractivity contribution in [2.45, 2.75) is 37.1 Å². The van der Waals surface area contributed by atoms with Crippen LogP contribution in [0.15, 0.2) is 30.3 Å². The molecule has 1 aromatic carbocycles. The molecule has 1 saturated heterocycles. The number of rotatable bonds is 3. The zero-order valence-electron chi connectivity index (χ0n) is 10.7. The summed E-state index contributed by atoms with van der Waals surface area (Å²) in [4.78, 5) is 25.5. The van der Waals surface area contributed by atoms with Crippen molar-refractivity contribution in [1.82, 2.24) is 4.90 Å². The van der Waals surface area contributed by atoms with Gasteiger partial charge in [-0.25, -0.2) is 4.79 Å². The zero-order chi connectivity index (χ0) is 13.5. The van der Waals surface area contributed by atoms with Crippen LogP contribution in [0.2, 0.25) is 0 Å². The number of amides is 1. The number of hydrogen-bond acceptors (Lipinski definition) is 2. The molecule has 0 aromatic heterocycles. The fraction of sp³-hybridized carbons (Fsp3) is 0.467. The summed E-state index contributed by atoms with van der Waals surface area (Å²) in [7, 11) is 0. The van der Waals surface area contributed by atoms with E-state index in [0.29, 0.717) is 13.0 Å². The minimum absolute atomic E-state index is 0.00333. The van der Waals surface area contributed by atoms with E-state index >= 15 is 0 Å². The maximum absolute atomic E-state index is 12.7. The molecule has 4 nitrogen and oxygen atoms in total. The lowest BCUT2D eigenvalue weighted by atomic mass is 9.94. The van der Waals surface area contributed by atoms with Gasteiger partial charge in [0.15, 0.2) is 0 Å². The van der Waals surface area contributed by atoms with Crippen molar-refractivity contribution < 1.29 is 14.7 Å². The lowest BCUT2D eigenvalue weighted by Crippen LogP contribution is -2.45. The summed E-state index contributed by atoms with van der Waals surface area (Å²) < 4.78 is 0. The van der Waals surface area contributed by atoms with Crippen LogP contribution in [0.4, 0.5) is 0 Å². The number of hydrogen-bond donors (Lipinski definition) is 1. The van der Waals surface area contributed by atoms with Gasteiger partial charge in [0, 0.05) is 6.54 Å². The summed E-state index contributed by atoms with van der Waals surface area (Å²) in [5, 5.41) is 9.20. The van der Waals surface area contributed by atoms with Crippen LogP contribution < -0.4 is 0 Å². The van der Waals surface area contributed by atoms with Crippen molar-refractivity contribution in [1.29, 1.82) is 0 Å². The molecule has 1 aliphatic heterocycles. The Labute approximate surface area is 112 Å². The standard InChI is InChI=1S/C15H17NO3/c17-13(18)12-7-4-10-16(12)14(19)15(8-9-15)11-5-2-1-3-6-11/h1-3,5-6,12H,4,7-10H2,(H,17,18).